The molecule has 26 heavy (non-hydrogen) atoms. The van der Waals surface area contributed by atoms with Gasteiger partial charge in [-0.25, -0.2) is 4.98 Å². The molecule has 1 atom stereocenters. The molecule has 1 aliphatic heterocycles. The topological polar surface area (TPSA) is 61.0 Å². The van der Waals surface area contributed by atoms with Crippen LogP contribution in [0.4, 0.5) is 0 Å². The molecule has 0 amide bonds. The minimum atomic E-state index is -0.0333. The first kappa shape index (κ1) is 19.0. The molecule has 3 aromatic rings. The first-order valence-corrected chi connectivity index (χ1v) is 9.62. The zero-order chi connectivity index (χ0) is 17.2. The molecular weight excluding hydrogens is 368 g/mol. The average molecular weight is 391 g/mol. The molecule has 1 fully saturated rings. The molecule has 1 saturated heterocycles. The van der Waals surface area contributed by atoms with Crippen molar-refractivity contribution in [2.45, 2.75) is 25.9 Å². The lowest BCUT2D eigenvalue weighted by Crippen LogP contribution is -2.45. The Bertz CT molecular complexity index is 921. The number of rotatable bonds is 4. The van der Waals surface area contributed by atoms with Crippen LogP contribution in [0.3, 0.4) is 0 Å². The Morgan fingerprint density at radius 2 is 2.08 bits per heavy atom. The Kier molecular flexibility index (Phi) is 6.09. The van der Waals surface area contributed by atoms with Gasteiger partial charge in [-0.3, -0.25) is 9.69 Å². The van der Waals surface area contributed by atoms with E-state index in [1.807, 2.05) is 11.4 Å². The summed E-state index contributed by atoms with van der Waals surface area (Å²) in [5.41, 5.74) is 3.42. The standard InChI is InChI=1S/C19H22N4OS.ClH/c1-2-13-3-5-14(6-4-13)16-11-20-8-9-23(16)12-17-21-15-7-10-25-18(15)19(24)22-17;/h3-7,10,16,20H,2,8-9,11-12H2,1H3,(H,21,22,24);1H. The molecule has 0 radical (unpaired) electrons. The molecule has 3 heterocycles. The number of hydrogen-bond donors (Lipinski definition) is 2. The molecule has 1 aromatic carbocycles. The summed E-state index contributed by atoms with van der Waals surface area (Å²) in [4.78, 5) is 22.2. The number of benzene rings is 1. The van der Waals surface area contributed by atoms with Gasteiger partial charge in [-0.2, -0.15) is 0 Å². The molecule has 5 nitrogen and oxygen atoms in total. The van der Waals surface area contributed by atoms with Gasteiger partial charge >= 0.3 is 0 Å². The third-order valence-corrected chi connectivity index (χ3v) is 5.75. The molecule has 0 bridgehead atoms. The zero-order valence-electron chi connectivity index (χ0n) is 14.7. The maximum absolute atomic E-state index is 12.2. The van der Waals surface area contributed by atoms with Gasteiger partial charge in [0.2, 0.25) is 0 Å². The molecule has 0 spiro atoms. The Morgan fingerprint density at radius 3 is 2.85 bits per heavy atom. The molecule has 7 heteroatoms. The van der Waals surface area contributed by atoms with Crippen molar-refractivity contribution in [2.75, 3.05) is 19.6 Å². The quantitative estimate of drug-likeness (QED) is 0.718. The summed E-state index contributed by atoms with van der Waals surface area (Å²) >= 11 is 1.44. The number of piperazine rings is 1. The summed E-state index contributed by atoms with van der Waals surface area (Å²) in [6.45, 7) is 5.63. The van der Waals surface area contributed by atoms with Crippen molar-refractivity contribution in [3.8, 4) is 0 Å². The van der Waals surface area contributed by atoms with Gasteiger partial charge in [0, 0.05) is 25.7 Å². The van der Waals surface area contributed by atoms with Crippen molar-refractivity contribution in [1.82, 2.24) is 20.2 Å². The number of nitrogens with one attached hydrogen (secondary N) is 2. The van der Waals surface area contributed by atoms with Gasteiger partial charge in [0.05, 0.1) is 12.1 Å². The van der Waals surface area contributed by atoms with E-state index in [4.69, 9.17) is 0 Å². The summed E-state index contributed by atoms with van der Waals surface area (Å²) in [6, 6.07) is 11.1. The highest BCUT2D eigenvalue weighted by atomic mass is 35.5. The Hall–Kier alpha value is -1.73. The van der Waals surface area contributed by atoms with Crippen LogP contribution < -0.4 is 10.9 Å². The van der Waals surface area contributed by atoms with E-state index in [0.717, 1.165) is 37.4 Å². The summed E-state index contributed by atoms with van der Waals surface area (Å²) < 4.78 is 0.704. The van der Waals surface area contributed by atoms with E-state index in [-0.39, 0.29) is 18.0 Å². The number of aryl methyl sites for hydroxylation is 1. The fourth-order valence-corrected chi connectivity index (χ4v) is 4.15. The molecule has 0 aliphatic carbocycles. The van der Waals surface area contributed by atoms with Gasteiger partial charge in [-0.1, -0.05) is 31.2 Å². The predicted octanol–water partition coefficient (Wildman–Crippen LogP) is 3.12. The maximum atomic E-state index is 12.2. The Labute approximate surface area is 162 Å². The fraction of sp³-hybridized carbons (Fsp3) is 0.368. The maximum Gasteiger partial charge on any atom is 0.268 e. The van der Waals surface area contributed by atoms with E-state index >= 15 is 0 Å². The first-order chi connectivity index (χ1) is 12.2. The van der Waals surface area contributed by atoms with Crippen LogP contribution in [0.2, 0.25) is 0 Å². The summed E-state index contributed by atoms with van der Waals surface area (Å²) in [5, 5.41) is 5.40. The highest BCUT2D eigenvalue weighted by Crippen LogP contribution is 2.24. The van der Waals surface area contributed by atoms with Gasteiger partial charge in [0.15, 0.2) is 0 Å². The minimum Gasteiger partial charge on any atom is -0.314 e. The second-order valence-corrected chi connectivity index (χ2v) is 7.35. The lowest BCUT2D eigenvalue weighted by molar-refractivity contribution is 0.150. The molecule has 1 unspecified atom stereocenters. The molecule has 0 saturated carbocycles. The number of aromatic amines is 1. The highest BCUT2D eigenvalue weighted by molar-refractivity contribution is 7.17. The number of thiophene rings is 1. The molecule has 2 aromatic heterocycles. The van der Waals surface area contributed by atoms with E-state index in [0.29, 0.717) is 17.3 Å². The highest BCUT2D eigenvalue weighted by Gasteiger charge is 2.24. The van der Waals surface area contributed by atoms with Crippen LogP contribution in [0.1, 0.15) is 29.9 Å². The molecule has 2 N–H and O–H groups in total. The van der Waals surface area contributed by atoms with Crippen LogP contribution in [0.25, 0.3) is 10.2 Å². The predicted molar refractivity (Wildman–Crippen MR) is 109 cm³/mol. The number of fused-ring (bicyclic) bond motifs is 1. The van der Waals surface area contributed by atoms with E-state index in [1.54, 1.807) is 0 Å². The van der Waals surface area contributed by atoms with Crippen LogP contribution in [0, 0.1) is 0 Å². The van der Waals surface area contributed by atoms with Crippen LogP contribution in [0.15, 0.2) is 40.5 Å². The van der Waals surface area contributed by atoms with Gasteiger partial charge in [0.1, 0.15) is 10.5 Å². The number of nitrogens with zero attached hydrogens (tertiary/aromatic N) is 2. The number of halogens is 1. The van der Waals surface area contributed by atoms with E-state index in [9.17, 15) is 4.79 Å². The van der Waals surface area contributed by atoms with Crippen molar-refractivity contribution in [3.05, 3.63) is 63.0 Å². The smallest absolute Gasteiger partial charge is 0.268 e. The number of aromatic nitrogens is 2. The van der Waals surface area contributed by atoms with Crippen LogP contribution in [-0.4, -0.2) is 34.5 Å². The third kappa shape index (κ3) is 3.83. The van der Waals surface area contributed by atoms with Gasteiger partial charge in [-0.15, -0.1) is 23.7 Å². The molecule has 4 rings (SSSR count). The van der Waals surface area contributed by atoms with Gasteiger partial charge in [0.25, 0.3) is 5.56 Å². The van der Waals surface area contributed by atoms with Gasteiger partial charge < -0.3 is 10.3 Å². The molecule has 1 aliphatic rings. The Balaban J connectivity index is 0.00000196. The lowest BCUT2D eigenvalue weighted by atomic mass is 10.0. The lowest BCUT2D eigenvalue weighted by Gasteiger charge is -2.36. The fourth-order valence-electron chi connectivity index (χ4n) is 3.43. The van der Waals surface area contributed by atoms with E-state index in [2.05, 4.69) is 51.4 Å². The minimum absolute atomic E-state index is 0. The van der Waals surface area contributed by atoms with Crippen LogP contribution in [0.5, 0.6) is 0 Å². The van der Waals surface area contributed by atoms with Crippen molar-refractivity contribution >= 4 is 34.0 Å². The van der Waals surface area contributed by atoms with Crippen molar-refractivity contribution in [3.63, 3.8) is 0 Å². The Morgan fingerprint density at radius 1 is 1.27 bits per heavy atom. The van der Waals surface area contributed by atoms with E-state index < -0.39 is 0 Å². The second kappa shape index (κ2) is 8.31. The van der Waals surface area contributed by atoms with Crippen LogP contribution in [-0.2, 0) is 13.0 Å². The van der Waals surface area contributed by atoms with Crippen molar-refractivity contribution in [1.29, 1.82) is 0 Å². The summed E-state index contributed by atoms with van der Waals surface area (Å²) in [5.74, 6) is 0.743. The monoisotopic (exact) mass is 390 g/mol. The number of H-pyrrole nitrogens is 1. The van der Waals surface area contributed by atoms with Gasteiger partial charge in [-0.05, 0) is 29.0 Å². The zero-order valence-corrected chi connectivity index (χ0v) is 16.3. The largest absolute Gasteiger partial charge is 0.314 e. The summed E-state index contributed by atoms with van der Waals surface area (Å²) in [6.07, 6.45) is 1.05. The number of hydrogen-bond acceptors (Lipinski definition) is 5. The average Bonchev–Trinajstić information content (AvgIpc) is 3.11. The second-order valence-electron chi connectivity index (χ2n) is 6.43. The van der Waals surface area contributed by atoms with Crippen LogP contribution >= 0.6 is 23.7 Å². The normalized spacial score (nSPS) is 18.0. The van der Waals surface area contributed by atoms with Crippen molar-refractivity contribution in [2.24, 2.45) is 0 Å². The van der Waals surface area contributed by atoms with Crippen molar-refractivity contribution < 1.29 is 0 Å². The van der Waals surface area contributed by atoms with E-state index in [1.165, 1.54) is 22.5 Å². The SMILES string of the molecule is CCc1ccc(C2CNCCN2Cc2nc3ccsc3c(=O)[nH]2)cc1.Cl. The third-order valence-electron chi connectivity index (χ3n) is 4.84. The molecular formula is C19H23ClN4OS. The summed E-state index contributed by atoms with van der Waals surface area (Å²) in [7, 11) is 0. The molecule has 138 valence electrons. The first-order valence-electron chi connectivity index (χ1n) is 8.74.